The topological polar surface area (TPSA) is 12.0 Å². The van der Waals surface area contributed by atoms with E-state index in [2.05, 4.69) is 31.3 Å². The highest BCUT2D eigenvalue weighted by Crippen LogP contribution is 2.09. The molecular formula is C22H45N. The Kier molecular flexibility index (Phi) is 21.4. The molecule has 0 saturated carbocycles. The van der Waals surface area contributed by atoms with Gasteiger partial charge in [0.1, 0.15) is 0 Å². The molecule has 0 aromatic rings. The van der Waals surface area contributed by atoms with Crippen LogP contribution in [-0.4, -0.2) is 13.1 Å². The van der Waals surface area contributed by atoms with Crippen LogP contribution in [0.2, 0.25) is 0 Å². The number of unbranched alkanes of at least 4 members (excludes halogenated alkanes) is 13. The summed E-state index contributed by atoms with van der Waals surface area (Å²) in [7, 11) is 0. The molecule has 0 unspecified atom stereocenters. The van der Waals surface area contributed by atoms with Gasteiger partial charge in [-0.1, -0.05) is 90.2 Å². The lowest BCUT2D eigenvalue weighted by atomic mass is 10.1. The first-order chi connectivity index (χ1) is 11.4. The Morgan fingerprint density at radius 3 is 1.48 bits per heavy atom. The minimum atomic E-state index is 1.21. The molecule has 138 valence electrons. The van der Waals surface area contributed by atoms with E-state index in [1.54, 1.807) is 0 Å². The Labute approximate surface area is 147 Å². The van der Waals surface area contributed by atoms with Gasteiger partial charge in [0.05, 0.1) is 0 Å². The number of nitrogens with one attached hydrogen (secondary N) is 1. The van der Waals surface area contributed by atoms with Crippen molar-refractivity contribution >= 4 is 0 Å². The maximum absolute atomic E-state index is 3.53. The molecular weight excluding hydrogens is 278 g/mol. The molecule has 0 aromatic heterocycles. The van der Waals surface area contributed by atoms with Crippen molar-refractivity contribution in [3.63, 3.8) is 0 Å². The van der Waals surface area contributed by atoms with Crippen molar-refractivity contribution in [1.82, 2.24) is 5.32 Å². The van der Waals surface area contributed by atoms with Gasteiger partial charge in [-0.15, -0.1) is 0 Å². The lowest BCUT2D eigenvalue weighted by molar-refractivity contribution is 0.559. The molecule has 0 aliphatic heterocycles. The van der Waals surface area contributed by atoms with E-state index in [9.17, 15) is 0 Å². The van der Waals surface area contributed by atoms with E-state index in [0.717, 1.165) is 0 Å². The van der Waals surface area contributed by atoms with Crippen molar-refractivity contribution in [3.8, 4) is 0 Å². The molecule has 0 aromatic carbocycles. The molecule has 0 amide bonds. The van der Waals surface area contributed by atoms with Crippen molar-refractivity contribution in [2.45, 2.75) is 117 Å². The Bertz CT molecular complexity index is 222. The lowest BCUT2D eigenvalue weighted by Crippen LogP contribution is -2.16. The largest absolute Gasteiger partial charge is 0.317 e. The Morgan fingerprint density at radius 2 is 0.913 bits per heavy atom. The van der Waals surface area contributed by atoms with Crippen LogP contribution in [0.25, 0.3) is 0 Å². The minimum absolute atomic E-state index is 1.21. The Morgan fingerprint density at radius 1 is 0.478 bits per heavy atom. The van der Waals surface area contributed by atoms with Crippen LogP contribution in [0, 0.1) is 0 Å². The van der Waals surface area contributed by atoms with E-state index >= 15 is 0 Å². The molecule has 1 N–H and O–H groups in total. The van der Waals surface area contributed by atoms with Gasteiger partial charge in [-0.25, -0.2) is 0 Å². The van der Waals surface area contributed by atoms with E-state index in [-0.39, 0.29) is 0 Å². The van der Waals surface area contributed by atoms with Crippen LogP contribution in [0.1, 0.15) is 117 Å². The molecule has 0 radical (unpaired) electrons. The van der Waals surface area contributed by atoms with Gasteiger partial charge in [-0.05, 0) is 51.6 Å². The highest BCUT2D eigenvalue weighted by molar-refractivity contribution is 4.81. The van der Waals surface area contributed by atoms with Crippen LogP contribution in [-0.2, 0) is 0 Å². The zero-order valence-corrected chi connectivity index (χ0v) is 16.4. The summed E-state index contributed by atoms with van der Waals surface area (Å²) in [5.41, 5.74) is 0. The number of rotatable bonds is 19. The molecule has 0 heterocycles. The quantitative estimate of drug-likeness (QED) is 0.193. The second kappa shape index (κ2) is 21.7. The van der Waals surface area contributed by atoms with E-state index in [1.165, 1.54) is 116 Å². The highest BCUT2D eigenvalue weighted by atomic mass is 14.8. The zero-order valence-electron chi connectivity index (χ0n) is 16.4. The lowest BCUT2D eigenvalue weighted by Gasteiger charge is -2.03. The van der Waals surface area contributed by atoms with Crippen LogP contribution in [0.5, 0.6) is 0 Å². The van der Waals surface area contributed by atoms with Gasteiger partial charge in [0.15, 0.2) is 0 Å². The predicted octanol–water partition coefficient (Wildman–Crippen LogP) is 7.41. The number of allylic oxidation sites excluding steroid dienone is 2. The summed E-state index contributed by atoms with van der Waals surface area (Å²) < 4.78 is 0. The van der Waals surface area contributed by atoms with Gasteiger partial charge < -0.3 is 5.32 Å². The van der Waals surface area contributed by atoms with Crippen LogP contribution < -0.4 is 5.32 Å². The molecule has 0 spiro atoms. The van der Waals surface area contributed by atoms with Gasteiger partial charge in [0.2, 0.25) is 0 Å². The molecule has 1 nitrogen and oxygen atoms in total. The molecule has 0 rings (SSSR count). The van der Waals surface area contributed by atoms with Crippen molar-refractivity contribution in [1.29, 1.82) is 0 Å². The average Bonchev–Trinajstić information content (AvgIpc) is 2.57. The van der Waals surface area contributed by atoms with Gasteiger partial charge >= 0.3 is 0 Å². The summed E-state index contributed by atoms with van der Waals surface area (Å²) in [4.78, 5) is 0. The molecule has 0 aliphatic carbocycles. The summed E-state index contributed by atoms with van der Waals surface area (Å²) in [6.07, 6.45) is 27.0. The first kappa shape index (κ1) is 22.7. The zero-order chi connectivity index (χ0) is 16.8. The second-order valence-electron chi connectivity index (χ2n) is 7.04. The summed E-state index contributed by atoms with van der Waals surface area (Å²) >= 11 is 0. The van der Waals surface area contributed by atoms with E-state index in [4.69, 9.17) is 0 Å². The number of hydrogen-bond acceptors (Lipinski definition) is 1. The van der Waals surface area contributed by atoms with Gasteiger partial charge in [0.25, 0.3) is 0 Å². The third kappa shape index (κ3) is 21.7. The Balaban J connectivity index is 3.02. The van der Waals surface area contributed by atoms with Crippen LogP contribution in [0.3, 0.4) is 0 Å². The fraction of sp³-hybridized carbons (Fsp3) is 0.909. The molecule has 0 atom stereocenters. The molecule has 0 bridgehead atoms. The second-order valence-corrected chi connectivity index (χ2v) is 7.04. The van der Waals surface area contributed by atoms with Crippen molar-refractivity contribution in [2.75, 3.05) is 13.1 Å². The summed E-state index contributed by atoms with van der Waals surface area (Å²) in [6, 6.07) is 0. The van der Waals surface area contributed by atoms with E-state index < -0.39 is 0 Å². The van der Waals surface area contributed by atoms with Crippen molar-refractivity contribution < 1.29 is 0 Å². The summed E-state index contributed by atoms with van der Waals surface area (Å²) in [6.45, 7) is 6.98. The fourth-order valence-corrected chi connectivity index (χ4v) is 2.92. The van der Waals surface area contributed by atoms with Gasteiger partial charge in [-0.2, -0.15) is 0 Å². The van der Waals surface area contributed by atoms with Crippen LogP contribution in [0.4, 0.5) is 0 Å². The van der Waals surface area contributed by atoms with Crippen molar-refractivity contribution in [3.05, 3.63) is 12.2 Å². The van der Waals surface area contributed by atoms with E-state index in [1.807, 2.05) is 0 Å². The maximum Gasteiger partial charge on any atom is -0.00489 e. The first-order valence-corrected chi connectivity index (χ1v) is 10.8. The van der Waals surface area contributed by atoms with Gasteiger partial charge in [-0.3, -0.25) is 0 Å². The predicted molar refractivity (Wildman–Crippen MR) is 107 cm³/mol. The highest BCUT2D eigenvalue weighted by Gasteiger charge is 1.92. The normalized spacial score (nSPS) is 11.6. The summed E-state index contributed by atoms with van der Waals surface area (Å²) in [5, 5.41) is 3.53. The Hall–Kier alpha value is -0.300. The first-order valence-electron chi connectivity index (χ1n) is 10.8. The smallest absolute Gasteiger partial charge is 0.00489 e. The van der Waals surface area contributed by atoms with Gasteiger partial charge in [0, 0.05) is 0 Å². The third-order valence-corrected chi connectivity index (χ3v) is 4.57. The maximum atomic E-state index is 3.53. The third-order valence-electron chi connectivity index (χ3n) is 4.57. The monoisotopic (exact) mass is 323 g/mol. The van der Waals surface area contributed by atoms with E-state index in [0.29, 0.717) is 0 Å². The average molecular weight is 324 g/mol. The molecule has 0 aliphatic rings. The molecule has 1 heteroatoms. The molecule has 0 saturated heterocycles. The SMILES string of the molecule is CCCCCCCC/C=C\CCCCCCCCNCCCC. The standard InChI is InChI=1S/C22H45N/c1-3-5-7-8-9-10-11-12-13-14-15-16-17-18-19-20-22-23-21-6-4-2/h12-13,23H,3-11,14-22H2,1-2H3/b13-12-. The fourth-order valence-electron chi connectivity index (χ4n) is 2.92. The molecule has 23 heavy (non-hydrogen) atoms. The number of hydrogen-bond donors (Lipinski definition) is 1. The minimum Gasteiger partial charge on any atom is -0.317 e. The summed E-state index contributed by atoms with van der Waals surface area (Å²) in [5.74, 6) is 0. The van der Waals surface area contributed by atoms with Crippen LogP contribution in [0.15, 0.2) is 12.2 Å². The van der Waals surface area contributed by atoms with Crippen molar-refractivity contribution in [2.24, 2.45) is 0 Å². The van der Waals surface area contributed by atoms with Crippen LogP contribution >= 0.6 is 0 Å². The molecule has 0 fully saturated rings.